The van der Waals surface area contributed by atoms with Gasteiger partial charge in [0.25, 0.3) is 0 Å². The van der Waals surface area contributed by atoms with Crippen LogP contribution in [0.25, 0.3) is 0 Å². The second kappa shape index (κ2) is 7.05. The number of hydrogen-bond donors (Lipinski definition) is 0. The quantitative estimate of drug-likeness (QED) is 0.571. The lowest BCUT2D eigenvalue weighted by atomic mass is 9.98. The van der Waals surface area contributed by atoms with Crippen molar-refractivity contribution < 1.29 is 13.7 Å². The van der Waals surface area contributed by atoms with Gasteiger partial charge in [0.2, 0.25) is 5.78 Å². The molecule has 0 spiro atoms. The van der Waals surface area contributed by atoms with E-state index in [1.165, 1.54) is 23.3 Å². The number of aryl methyl sites for hydroxylation is 1. The summed E-state index contributed by atoms with van der Waals surface area (Å²) >= 11 is 0. The molecule has 0 N–H and O–H groups in total. The van der Waals surface area contributed by atoms with Crippen molar-refractivity contribution in [2.24, 2.45) is 0 Å². The van der Waals surface area contributed by atoms with Crippen molar-refractivity contribution in [2.75, 3.05) is 14.1 Å². The van der Waals surface area contributed by atoms with Crippen molar-refractivity contribution in [2.45, 2.75) is 32.9 Å². The third kappa shape index (κ3) is 4.26. The molecule has 0 aliphatic rings. The van der Waals surface area contributed by atoms with Gasteiger partial charge in [-0.25, -0.2) is 4.39 Å². The first-order valence-corrected chi connectivity index (χ1v) is 8.01. The van der Waals surface area contributed by atoms with Gasteiger partial charge in [-0.05, 0) is 31.2 Å². The maximum Gasteiger partial charge on any atom is 0.219 e. The average Bonchev–Trinajstić information content (AvgIpc) is 2.50. The third-order valence-electron chi connectivity index (χ3n) is 4.37. The molecule has 0 aliphatic heterocycles. The largest absolute Gasteiger partial charge is 0.316 e. The SMILES string of the molecule is CCC(C(=O)c1ccc(F)cc1)[N+](C)(C)Cc1ccc(C)cc1. The number of rotatable bonds is 6. The van der Waals surface area contributed by atoms with Crippen molar-refractivity contribution in [3.8, 4) is 0 Å². The van der Waals surface area contributed by atoms with E-state index < -0.39 is 0 Å². The van der Waals surface area contributed by atoms with E-state index in [0.717, 1.165) is 13.0 Å². The molecule has 0 fully saturated rings. The van der Waals surface area contributed by atoms with Gasteiger partial charge in [0.15, 0.2) is 6.04 Å². The van der Waals surface area contributed by atoms with E-state index in [-0.39, 0.29) is 17.6 Å². The lowest BCUT2D eigenvalue weighted by Gasteiger charge is -2.37. The van der Waals surface area contributed by atoms with Crippen LogP contribution in [0.3, 0.4) is 0 Å². The van der Waals surface area contributed by atoms with Crippen LogP contribution in [-0.4, -0.2) is 30.4 Å². The van der Waals surface area contributed by atoms with Crippen molar-refractivity contribution in [1.29, 1.82) is 0 Å². The van der Waals surface area contributed by atoms with Crippen LogP contribution in [0.4, 0.5) is 4.39 Å². The molecule has 0 saturated heterocycles. The van der Waals surface area contributed by atoms with E-state index in [0.29, 0.717) is 10.0 Å². The molecule has 2 aromatic carbocycles. The second-order valence-electron chi connectivity index (χ2n) is 6.72. The Kier molecular flexibility index (Phi) is 5.32. The predicted octanol–water partition coefficient (Wildman–Crippen LogP) is 4.37. The number of carbonyl (C=O) groups is 1. The summed E-state index contributed by atoms with van der Waals surface area (Å²) in [6, 6.07) is 14.1. The van der Waals surface area contributed by atoms with Gasteiger partial charge in [-0.3, -0.25) is 4.79 Å². The number of hydrogen-bond acceptors (Lipinski definition) is 1. The minimum Gasteiger partial charge on any atom is -0.316 e. The van der Waals surface area contributed by atoms with Crippen molar-refractivity contribution in [3.05, 3.63) is 71.0 Å². The third-order valence-corrected chi connectivity index (χ3v) is 4.37. The van der Waals surface area contributed by atoms with Crippen LogP contribution in [0.5, 0.6) is 0 Å². The molecule has 0 radical (unpaired) electrons. The molecule has 23 heavy (non-hydrogen) atoms. The molecule has 1 atom stereocenters. The molecule has 0 saturated carbocycles. The normalized spacial score (nSPS) is 12.9. The number of carbonyl (C=O) groups excluding carboxylic acids is 1. The van der Waals surface area contributed by atoms with Crippen LogP contribution < -0.4 is 0 Å². The molecule has 0 amide bonds. The van der Waals surface area contributed by atoms with E-state index in [4.69, 9.17) is 0 Å². The van der Waals surface area contributed by atoms with E-state index >= 15 is 0 Å². The number of halogens is 1. The Labute approximate surface area is 138 Å². The lowest BCUT2D eigenvalue weighted by molar-refractivity contribution is -0.918. The van der Waals surface area contributed by atoms with Crippen LogP contribution in [-0.2, 0) is 6.54 Å². The number of Topliss-reactive ketones (excluding diaryl/α,β-unsaturated/α-hetero) is 1. The standard InChI is InChI=1S/C20H25FNO/c1-5-19(20(23)17-10-12-18(21)13-11-17)22(3,4)14-16-8-6-15(2)7-9-16/h6-13,19H,5,14H2,1-4H3/q+1. The number of quaternary nitrogens is 1. The highest BCUT2D eigenvalue weighted by Gasteiger charge is 2.34. The maximum atomic E-state index is 13.1. The minimum absolute atomic E-state index is 0.0737. The van der Waals surface area contributed by atoms with Gasteiger partial charge in [0.05, 0.1) is 14.1 Å². The molecule has 1 unspecified atom stereocenters. The maximum absolute atomic E-state index is 13.1. The van der Waals surface area contributed by atoms with Gasteiger partial charge in [-0.2, -0.15) is 0 Å². The van der Waals surface area contributed by atoms with Gasteiger partial charge >= 0.3 is 0 Å². The summed E-state index contributed by atoms with van der Waals surface area (Å²) in [5.74, 6) is -0.243. The molecular formula is C20H25FNO+. The smallest absolute Gasteiger partial charge is 0.219 e. The molecule has 2 rings (SSSR count). The number of nitrogens with zero attached hydrogens (tertiary/aromatic N) is 1. The van der Waals surface area contributed by atoms with Crippen LogP contribution in [0, 0.1) is 12.7 Å². The summed E-state index contributed by atoms with van der Waals surface area (Å²) in [6.07, 6.45) is 0.745. The Morgan fingerprint density at radius 1 is 1.04 bits per heavy atom. The first-order chi connectivity index (χ1) is 10.8. The molecular weight excluding hydrogens is 289 g/mol. The average molecular weight is 314 g/mol. The summed E-state index contributed by atoms with van der Waals surface area (Å²) in [4.78, 5) is 12.8. The first-order valence-electron chi connectivity index (χ1n) is 8.01. The topological polar surface area (TPSA) is 17.1 Å². The number of ketones is 1. The highest BCUT2D eigenvalue weighted by molar-refractivity contribution is 5.99. The van der Waals surface area contributed by atoms with Crippen molar-refractivity contribution in [3.63, 3.8) is 0 Å². The van der Waals surface area contributed by atoms with E-state index in [2.05, 4.69) is 45.3 Å². The van der Waals surface area contributed by atoms with Crippen molar-refractivity contribution in [1.82, 2.24) is 0 Å². The molecule has 0 aliphatic carbocycles. The predicted molar refractivity (Wildman–Crippen MR) is 91.8 cm³/mol. The summed E-state index contributed by atoms with van der Waals surface area (Å²) < 4.78 is 13.7. The zero-order valence-corrected chi connectivity index (χ0v) is 14.3. The second-order valence-corrected chi connectivity index (χ2v) is 6.72. The summed E-state index contributed by atoms with van der Waals surface area (Å²) in [5, 5.41) is 0. The van der Waals surface area contributed by atoms with Gasteiger partial charge in [0.1, 0.15) is 12.4 Å². The molecule has 0 aromatic heterocycles. The Hall–Kier alpha value is -2.00. The van der Waals surface area contributed by atoms with Crippen LogP contribution >= 0.6 is 0 Å². The first kappa shape index (κ1) is 17.4. The molecule has 2 nitrogen and oxygen atoms in total. The minimum atomic E-state index is -0.317. The number of likely N-dealkylation sites (N-methyl/N-ethyl adjacent to an activating group) is 1. The van der Waals surface area contributed by atoms with Crippen LogP contribution in [0.2, 0.25) is 0 Å². The molecule has 3 heteroatoms. The summed E-state index contributed by atoms with van der Waals surface area (Å²) in [5.41, 5.74) is 3.02. The molecule has 0 bridgehead atoms. The monoisotopic (exact) mass is 314 g/mol. The lowest BCUT2D eigenvalue weighted by Crippen LogP contribution is -2.52. The molecule has 2 aromatic rings. The Morgan fingerprint density at radius 2 is 1.61 bits per heavy atom. The van der Waals surface area contributed by atoms with Gasteiger partial charge in [0, 0.05) is 17.5 Å². The highest BCUT2D eigenvalue weighted by atomic mass is 19.1. The van der Waals surface area contributed by atoms with E-state index in [1.54, 1.807) is 12.1 Å². The Bertz CT molecular complexity index is 659. The summed E-state index contributed by atoms with van der Waals surface area (Å²) in [6.45, 7) is 4.88. The fourth-order valence-corrected chi connectivity index (χ4v) is 3.08. The van der Waals surface area contributed by atoms with Crippen molar-refractivity contribution >= 4 is 5.78 Å². The number of benzene rings is 2. The van der Waals surface area contributed by atoms with Gasteiger partial charge in [-0.15, -0.1) is 0 Å². The zero-order valence-electron chi connectivity index (χ0n) is 14.3. The van der Waals surface area contributed by atoms with E-state index in [9.17, 15) is 9.18 Å². The molecule has 122 valence electrons. The summed E-state index contributed by atoms with van der Waals surface area (Å²) in [7, 11) is 4.16. The van der Waals surface area contributed by atoms with Gasteiger partial charge < -0.3 is 4.48 Å². The Morgan fingerprint density at radius 3 is 2.13 bits per heavy atom. The van der Waals surface area contributed by atoms with Gasteiger partial charge in [-0.1, -0.05) is 36.8 Å². The highest BCUT2D eigenvalue weighted by Crippen LogP contribution is 2.21. The fourth-order valence-electron chi connectivity index (χ4n) is 3.08. The fraction of sp³-hybridized carbons (Fsp3) is 0.350. The van der Waals surface area contributed by atoms with Crippen LogP contribution in [0.15, 0.2) is 48.5 Å². The zero-order chi connectivity index (χ0) is 17.0. The molecule has 0 heterocycles. The van der Waals surface area contributed by atoms with Crippen LogP contribution in [0.1, 0.15) is 34.8 Å². The Balaban J connectivity index is 2.21. The van der Waals surface area contributed by atoms with E-state index in [1.807, 2.05) is 6.92 Å².